The summed E-state index contributed by atoms with van der Waals surface area (Å²) in [5, 5.41) is 3.47. The van der Waals surface area contributed by atoms with E-state index in [0.717, 1.165) is 24.9 Å². The lowest BCUT2D eigenvalue weighted by atomic mass is 9.69. The van der Waals surface area contributed by atoms with Gasteiger partial charge >= 0.3 is 0 Å². The topological polar surface area (TPSA) is 67.3 Å². The highest BCUT2D eigenvalue weighted by Gasteiger charge is 2.54. The van der Waals surface area contributed by atoms with Gasteiger partial charge in [-0.2, -0.15) is 4.98 Å². The molecular weight excluding hydrogens is 304 g/mol. The fraction of sp³-hybridized carbons (Fsp3) is 0.389. The summed E-state index contributed by atoms with van der Waals surface area (Å²) in [4.78, 5) is 23.3. The van der Waals surface area contributed by atoms with Crippen molar-refractivity contribution in [3.63, 3.8) is 0 Å². The number of nitrogens with zero attached hydrogens (tertiary/aromatic N) is 3. The quantitative estimate of drug-likeness (QED) is 0.934. The molecule has 0 spiro atoms. The Balaban J connectivity index is 1.51. The first kappa shape index (κ1) is 14.9. The van der Waals surface area contributed by atoms with Crippen molar-refractivity contribution in [2.45, 2.75) is 18.4 Å². The van der Waals surface area contributed by atoms with E-state index in [4.69, 9.17) is 4.74 Å². The van der Waals surface area contributed by atoms with E-state index in [0.29, 0.717) is 24.3 Å². The highest BCUT2D eigenvalue weighted by atomic mass is 16.5. The van der Waals surface area contributed by atoms with Crippen LogP contribution >= 0.6 is 0 Å². The van der Waals surface area contributed by atoms with Crippen molar-refractivity contribution < 1.29 is 9.53 Å². The number of aromatic nitrogens is 2. The number of hydrogen-bond donors (Lipinski definition) is 1. The van der Waals surface area contributed by atoms with E-state index in [-0.39, 0.29) is 11.4 Å². The number of benzene rings is 1. The van der Waals surface area contributed by atoms with Crippen LogP contribution in [0.2, 0.25) is 0 Å². The molecule has 2 atom stereocenters. The lowest BCUT2D eigenvalue weighted by molar-refractivity contribution is 0.0786. The first-order chi connectivity index (χ1) is 11.7. The van der Waals surface area contributed by atoms with E-state index < -0.39 is 0 Å². The molecular formula is C18H20N4O2. The minimum Gasteiger partial charge on any atom is -0.481 e. The third kappa shape index (κ3) is 2.48. The molecule has 124 valence electrons. The number of nitrogens with one attached hydrogen (secondary N) is 1. The Labute approximate surface area is 140 Å². The van der Waals surface area contributed by atoms with Gasteiger partial charge in [0, 0.05) is 36.8 Å². The van der Waals surface area contributed by atoms with E-state index in [1.807, 2.05) is 35.2 Å². The number of likely N-dealkylation sites (tertiary alicyclic amines) is 1. The Bertz CT molecular complexity index is 752. The summed E-state index contributed by atoms with van der Waals surface area (Å²) in [5.41, 5.74) is 0.628. The van der Waals surface area contributed by atoms with E-state index in [9.17, 15) is 4.79 Å². The van der Waals surface area contributed by atoms with Gasteiger partial charge in [-0.1, -0.05) is 18.2 Å². The summed E-state index contributed by atoms with van der Waals surface area (Å²) < 4.78 is 5.16. The van der Waals surface area contributed by atoms with Crippen molar-refractivity contribution in [3.05, 3.63) is 48.2 Å². The van der Waals surface area contributed by atoms with Gasteiger partial charge in [0.15, 0.2) is 0 Å². The molecule has 1 aromatic carbocycles. The summed E-state index contributed by atoms with van der Waals surface area (Å²) in [6.07, 6.45) is 3.83. The van der Waals surface area contributed by atoms with E-state index in [1.54, 1.807) is 19.4 Å². The van der Waals surface area contributed by atoms with Crippen molar-refractivity contribution in [1.29, 1.82) is 0 Å². The number of carbonyl (C=O) groups is 1. The standard InChI is InChI=1S/C18H20N4O2/c1-24-15-8-10-19-17(20-15)21-18-9-7-14(18)11-22(12-18)16(23)13-5-3-2-4-6-13/h2-6,8,10,14H,7,9,11-12H2,1H3,(H,19,20,21). The van der Waals surface area contributed by atoms with Crippen LogP contribution in [0.1, 0.15) is 23.2 Å². The van der Waals surface area contributed by atoms with Gasteiger partial charge in [0.25, 0.3) is 5.91 Å². The molecule has 2 heterocycles. The Morgan fingerprint density at radius 3 is 2.88 bits per heavy atom. The first-order valence-electron chi connectivity index (χ1n) is 8.20. The maximum atomic E-state index is 12.7. The van der Waals surface area contributed by atoms with Gasteiger partial charge < -0.3 is 15.0 Å². The number of carbonyl (C=O) groups excluding carboxylic acids is 1. The minimum atomic E-state index is -0.114. The molecule has 1 saturated heterocycles. The van der Waals surface area contributed by atoms with Gasteiger partial charge in [0.1, 0.15) is 0 Å². The molecule has 0 bridgehead atoms. The van der Waals surface area contributed by atoms with Crippen LogP contribution in [0, 0.1) is 5.92 Å². The number of hydrogen-bond acceptors (Lipinski definition) is 5. The fourth-order valence-corrected chi connectivity index (χ4v) is 3.70. The molecule has 1 aliphatic carbocycles. The molecule has 1 amide bonds. The lowest BCUT2D eigenvalue weighted by Gasteiger charge is -2.44. The number of anilines is 1. The van der Waals surface area contributed by atoms with Crippen molar-refractivity contribution in [2.75, 3.05) is 25.5 Å². The summed E-state index contributed by atoms with van der Waals surface area (Å²) in [6, 6.07) is 11.2. The summed E-state index contributed by atoms with van der Waals surface area (Å²) in [5.74, 6) is 1.64. The lowest BCUT2D eigenvalue weighted by Crippen LogP contribution is -2.53. The molecule has 6 nitrogen and oxygen atoms in total. The minimum absolute atomic E-state index is 0.0951. The highest BCUT2D eigenvalue weighted by molar-refractivity contribution is 5.94. The molecule has 1 aromatic heterocycles. The van der Waals surface area contributed by atoms with Gasteiger partial charge in [-0.25, -0.2) is 4.98 Å². The van der Waals surface area contributed by atoms with Crippen LogP contribution in [0.25, 0.3) is 0 Å². The normalized spacial score (nSPS) is 24.9. The molecule has 2 aromatic rings. The summed E-state index contributed by atoms with van der Waals surface area (Å²) >= 11 is 0. The Morgan fingerprint density at radius 1 is 1.33 bits per heavy atom. The first-order valence-corrected chi connectivity index (χ1v) is 8.20. The van der Waals surface area contributed by atoms with Crippen molar-refractivity contribution in [3.8, 4) is 5.88 Å². The molecule has 2 aliphatic rings. The molecule has 2 fully saturated rings. The molecule has 4 rings (SSSR count). The van der Waals surface area contributed by atoms with Crippen LogP contribution < -0.4 is 10.1 Å². The predicted molar refractivity (Wildman–Crippen MR) is 90.0 cm³/mol. The zero-order chi connectivity index (χ0) is 16.6. The van der Waals surface area contributed by atoms with Gasteiger partial charge in [-0.05, 0) is 25.0 Å². The number of ether oxygens (including phenoxy) is 1. The maximum Gasteiger partial charge on any atom is 0.253 e. The number of amides is 1. The van der Waals surface area contributed by atoms with Crippen LogP contribution in [0.15, 0.2) is 42.6 Å². The van der Waals surface area contributed by atoms with Crippen LogP contribution in [0.4, 0.5) is 5.95 Å². The van der Waals surface area contributed by atoms with Crippen molar-refractivity contribution in [1.82, 2.24) is 14.9 Å². The fourth-order valence-electron chi connectivity index (χ4n) is 3.70. The smallest absolute Gasteiger partial charge is 0.253 e. The number of methoxy groups -OCH3 is 1. The Morgan fingerprint density at radius 2 is 2.17 bits per heavy atom. The molecule has 24 heavy (non-hydrogen) atoms. The average Bonchev–Trinajstić information content (AvgIpc) is 2.87. The third-order valence-corrected chi connectivity index (χ3v) is 5.14. The predicted octanol–water partition coefficient (Wildman–Crippen LogP) is 2.20. The van der Waals surface area contributed by atoms with Crippen molar-refractivity contribution >= 4 is 11.9 Å². The zero-order valence-corrected chi connectivity index (χ0v) is 13.6. The van der Waals surface area contributed by atoms with Gasteiger partial charge in [0.2, 0.25) is 11.8 Å². The van der Waals surface area contributed by atoms with Crippen LogP contribution in [-0.2, 0) is 0 Å². The molecule has 0 radical (unpaired) electrons. The Hall–Kier alpha value is -2.63. The van der Waals surface area contributed by atoms with Crippen LogP contribution in [0.5, 0.6) is 5.88 Å². The largest absolute Gasteiger partial charge is 0.481 e. The molecule has 6 heteroatoms. The number of fused-ring (bicyclic) bond motifs is 1. The number of rotatable bonds is 4. The van der Waals surface area contributed by atoms with Gasteiger partial charge in [0.05, 0.1) is 12.6 Å². The van der Waals surface area contributed by atoms with E-state index >= 15 is 0 Å². The monoisotopic (exact) mass is 324 g/mol. The second kappa shape index (κ2) is 5.78. The molecule has 1 aliphatic heterocycles. The highest BCUT2D eigenvalue weighted by Crippen LogP contribution is 2.46. The Kier molecular flexibility index (Phi) is 3.59. The van der Waals surface area contributed by atoms with Gasteiger partial charge in [-0.3, -0.25) is 4.79 Å². The molecule has 1 N–H and O–H groups in total. The van der Waals surface area contributed by atoms with E-state index in [2.05, 4.69) is 15.3 Å². The van der Waals surface area contributed by atoms with Crippen LogP contribution in [-0.4, -0.2) is 46.5 Å². The van der Waals surface area contributed by atoms with Crippen molar-refractivity contribution in [2.24, 2.45) is 5.92 Å². The SMILES string of the molecule is COc1ccnc(NC23CCC2CN(C(=O)c2ccccc2)C3)n1. The zero-order valence-electron chi connectivity index (χ0n) is 13.6. The average molecular weight is 324 g/mol. The second-order valence-corrected chi connectivity index (χ2v) is 6.49. The summed E-state index contributed by atoms with van der Waals surface area (Å²) in [6.45, 7) is 1.47. The van der Waals surface area contributed by atoms with E-state index in [1.165, 1.54) is 0 Å². The molecule has 1 saturated carbocycles. The third-order valence-electron chi connectivity index (χ3n) is 5.14. The van der Waals surface area contributed by atoms with Gasteiger partial charge in [-0.15, -0.1) is 0 Å². The second-order valence-electron chi connectivity index (χ2n) is 6.49. The van der Waals surface area contributed by atoms with Crippen LogP contribution in [0.3, 0.4) is 0 Å². The maximum absolute atomic E-state index is 12.7. The summed E-state index contributed by atoms with van der Waals surface area (Å²) in [7, 11) is 1.59. The molecule has 2 unspecified atom stereocenters.